The lowest BCUT2D eigenvalue weighted by Crippen LogP contribution is -2.15. The van der Waals surface area contributed by atoms with Gasteiger partial charge in [0.1, 0.15) is 5.82 Å². The molecule has 5 heteroatoms. The van der Waals surface area contributed by atoms with Crippen LogP contribution in [0.15, 0.2) is 41.0 Å². The Bertz CT molecular complexity index is 613. The molecule has 0 unspecified atom stereocenters. The molecular weight excluding hydrogens is 306 g/mol. The fourth-order valence-corrected chi connectivity index (χ4v) is 2.18. The molecule has 1 heterocycles. The summed E-state index contributed by atoms with van der Waals surface area (Å²) in [5, 5.41) is 2.87. The standard InChI is InChI=1S/C14H14BrN3O/c1-2-9-8-10(15)5-6-12(9)18-14(19)11-4-3-7-17-13(11)16/h3-8H,2H2,1H3,(H2,16,17)(H,18,19). The number of aromatic nitrogens is 1. The smallest absolute Gasteiger partial charge is 0.259 e. The van der Waals surface area contributed by atoms with Gasteiger partial charge in [-0.05, 0) is 42.3 Å². The van der Waals surface area contributed by atoms with Crippen LogP contribution in [-0.4, -0.2) is 10.9 Å². The van der Waals surface area contributed by atoms with E-state index in [4.69, 9.17) is 5.73 Å². The second-order valence-electron chi connectivity index (χ2n) is 4.05. The number of rotatable bonds is 3. The van der Waals surface area contributed by atoms with Crippen LogP contribution in [-0.2, 0) is 6.42 Å². The summed E-state index contributed by atoms with van der Waals surface area (Å²) in [4.78, 5) is 16.1. The number of hydrogen-bond acceptors (Lipinski definition) is 3. The first-order chi connectivity index (χ1) is 9.11. The zero-order valence-corrected chi connectivity index (χ0v) is 12.1. The normalized spacial score (nSPS) is 10.2. The number of benzene rings is 1. The lowest BCUT2D eigenvalue weighted by Gasteiger charge is -2.11. The average molecular weight is 320 g/mol. The molecule has 98 valence electrons. The molecule has 2 rings (SSSR count). The number of nitrogens with one attached hydrogen (secondary N) is 1. The molecule has 0 fully saturated rings. The van der Waals surface area contributed by atoms with E-state index in [1.165, 1.54) is 0 Å². The Kier molecular flexibility index (Phi) is 4.16. The molecule has 0 aliphatic heterocycles. The summed E-state index contributed by atoms with van der Waals surface area (Å²) in [6, 6.07) is 9.09. The van der Waals surface area contributed by atoms with Crippen LogP contribution in [0.3, 0.4) is 0 Å². The van der Waals surface area contributed by atoms with Gasteiger partial charge in [0, 0.05) is 16.4 Å². The summed E-state index contributed by atoms with van der Waals surface area (Å²) in [6.07, 6.45) is 2.39. The number of nitrogens with two attached hydrogens (primary N) is 1. The number of amides is 1. The summed E-state index contributed by atoms with van der Waals surface area (Å²) >= 11 is 3.42. The van der Waals surface area contributed by atoms with Crippen molar-refractivity contribution in [3.8, 4) is 0 Å². The fraction of sp³-hybridized carbons (Fsp3) is 0.143. The van der Waals surface area contributed by atoms with Gasteiger partial charge in [-0.2, -0.15) is 0 Å². The van der Waals surface area contributed by atoms with Crippen molar-refractivity contribution in [3.05, 3.63) is 52.1 Å². The van der Waals surface area contributed by atoms with Crippen LogP contribution >= 0.6 is 15.9 Å². The van der Waals surface area contributed by atoms with Gasteiger partial charge in [-0.1, -0.05) is 22.9 Å². The summed E-state index contributed by atoms with van der Waals surface area (Å²) in [5.74, 6) is -0.0159. The lowest BCUT2D eigenvalue weighted by molar-refractivity contribution is 0.102. The first-order valence-corrected chi connectivity index (χ1v) is 6.71. The van der Waals surface area contributed by atoms with Gasteiger partial charge in [0.25, 0.3) is 5.91 Å². The third kappa shape index (κ3) is 3.12. The lowest BCUT2D eigenvalue weighted by atomic mass is 10.1. The third-order valence-electron chi connectivity index (χ3n) is 2.78. The number of nitrogens with zero attached hydrogens (tertiary/aromatic N) is 1. The number of pyridine rings is 1. The Morgan fingerprint density at radius 3 is 2.89 bits per heavy atom. The quantitative estimate of drug-likeness (QED) is 0.912. The van der Waals surface area contributed by atoms with Crippen molar-refractivity contribution >= 4 is 33.3 Å². The molecule has 0 saturated heterocycles. The second-order valence-corrected chi connectivity index (χ2v) is 4.96. The molecule has 3 N–H and O–H groups in total. The van der Waals surface area contributed by atoms with Gasteiger partial charge in [0.05, 0.1) is 5.56 Å². The van der Waals surface area contributed by atoms with E-state index in [9.17, 15) is 4.79 Å². The largest absolute Gasteiger partial charge is 0.383 e. The minimum Gasteiger partial charge on any atom is -0.383 e. The number of halogens is 1. The van der Waals surface area contributed by atoms with Crippen molar-refractivity contribution < 1.29 is 4.79 Å². The van der Waals surface area contributed by atoms with E-state index in [0.29, 0.717) is 5.56 Å². The van der Waals surface area contributed by atoms with Gasteiger partial charge in [0.15, 0.2) is 0 Å². The monoisotopic (exact) mass is 319 g/mol. The maximum Gasteiger partial charge on any atom is 0.259 e. The van der Waals surface area contributed by atoms with Crippen molar-refractivity contribution in [3.63, 3.8) is 0 Å². The Morgan fingerprint density at radius 1 is 1.42 bits per heavy atom. The van der Waals surface area contributed by atoms with Crippen LogP contribution < -0.4 is 11.1 Å². The van der Waals surface area contributed by atoms with Crippen LogP contribution in [0.25, 0.3) is 0 Å². The molecule has 2 aromatic rings. The number of carbonyl (C=O) groups excluding carboxylic acids is 1. The zero-order valence-electron chi connectivity index (χ0n) is 10.5. The molecule has 0 radical (unpaired) electrons. The van der Waals surface area contributed by atoms with Gasteiger partial charge in [-0.3, -0.25) is 4.79 Å². The second kappa shape index (κ2) is 5.84. The van der Waals surface area contributed by atoms with Crippen LogP contribution in [0.1, 0.15) is 22.8 Å². The zero-order chi connectivity index (χ0) is 13.8. The van der Waals surface area contributed by atoms with Crippen LogP contribution in [0.5, 0.6) is 0 Å². The van der Waals surface area contributed by atoms with Crippen molar-refractivity contribution in [2.75, 3.05) is 11.1 Å². The first-order valence-electron chi connectivity index (χ1n) is 5.92. The molecule has 19 heavy (non-hydrogen) atoms. The number of carbonyl (C=O) groups is 1. The maximum absolute atomic E-state index is 12.1. The van der Waals surface area contributed by atoms with Crippen molar-refractivity contribution in [2.45, 2.75) is 13.3 Å². The summed E-state index contributed by atoms with van der Waals surface area (Å²) in [6.45, 7) is 2.04. The number of hydrogen-bond donors (Lipinski definition) is 2. The first kappa shape index (κ1) is 13.5. The molecule has 0 bridgehead atoms. The van der Waals surface area contributed by atoms with Gasteiger partial charge in [0.2, 0.25) is 0 Å². The average Bonchev–Trinajstić information content (AvgIpc) is 2.41. The third-order valence-corrected chi connectivity index (χ3v) is 3.27. The highest BCUT2D eigenvalue weighted by atomic mass is 79.9. The maximum atomic E-state index is 12.1. The molecule has 4 nitrogen and oxygen atoms in total. The minimum absolute atomic E-state index is 0.232. The topological polar surface area (TPSA) is 68.0 Å². The van der Waals surface area contributed by atoms with E-state index in [1.807, 2.05) is 25.1 Å². The van der Waals surface area contributed by atoms with Crippen molar-refractivity contribution in [1.29, 1.82) is 0 Å². The van der Waals surface area contributed by atoms with E-state index in [-0.39, 0.29) is 11.7 Å². The number of anilines is 2. The van der Waals surface area contributed by atoms with Crippen molar-refractivity contribution in [2.24, 2.45) is 0 Å². The summed E-state index contributed by atoms with van der Waals surface area (Å²) < 4.78 is 0.989. The van der Waals surface area contributed by atoms with Crippen LogP contribution in [0, 0.1) is 0 Å². The van der Waals surface area contributed by atoms with E-state index >= 15 is 0 Å². The van der Waals surface area contributed by atoms with E-state index < -0.39 is 0 Å². The molecule has 0 atom stereocenters. The Balaban J connectivity index is 2.27. The Labute approximate surface area is 120 Å². The Hall–Kier alpha value is -1.88. The Morgan fingerprint density at radius 2 is 2.21 bits per heavy atom. The molecule has 0 aliphatic carbocycles. The molecule has 1 amide bonds. The predicted octanol–water partition coefficient (Wildman–Crippen LogP) is 3.24. The summed E-state index contributed by atoms with van der Waals surface area (Å²) in [7, 11) is 0. The van der Waals surface area contributed by atoms with Crippen LogP contribution in [0.4, 0.5) is 11.5 Å². The predicted molar refractivity (Wildman–Crippen MR) is 80.1 cm³/mol. The number of nitrogen functional groups attached to an aromatic ring is 1. The minimum atomic E-state index is -0.248. The molecule has 0 saturated carbocycles. The van der Waals surface area contributed by atoms with Gasteiger partial charge >= 0.3 is 0 Å². The molecule has 0 spiro atoms. The fourth-order valence-electron chi connectivity index (χ4n) is 1.78. The van der Waals surface area contributed by atoms with Gasteiger partial charge in [-0.25, -0.2) is 4.98 Å². The summed E-state index contributed by atoms with van der Waals surface area (Å²) in [5.41, 5.74) is 7.92. The van der Waals surface area contributed by atoms with Crippen molar-refractivity contribution in [1.82, 2.24) is 4.98 Å². The van der Waals surface area contributed by atoms with E-state index in [1.54, 1.807) is 18.3 Å². The van der Waals surface area contributed by atoms with Gasteiger partial charge in [-0.15, -0.1) is 0 Å². The molecule has 1 aromatic heterocycles. The SMILES string of the molecule is CCc1cc(Br)ccc1NC(=O)c1cccnc1N. The molecular formula is C14H14BrN3O. The molecule has 0 aliphatic rings. The highest BCUT2D eigenvalue weighted by molar-refractivity contribution is 9.10. The highest BCUT2D eigenvalue weighted by Gasteiger charge is 2.12. The van der Waals surface area contributed by atoms with E-state index in [2.05, 4.69) is 26.2 Å². The van der Waals surface area contributed by atoms with Crippen LogP contribution in [0.2, 0.25) is 0 Å². The highest BCUT2D eigenvalue weighted by Crippen LogP contribution is 2.22. The van der Waals surface area contributed by atoms with E-state index in [0.717, 1.165) is 22.1 Å². The van der Waals surface area contributed by atoms with Gasteiger partial charge < -0.3 is 11.1 Å². The molecule has 1 aromatic carbocycles. The number of aryl methyl sites for hydroxylation is 1.